The maximum Gasteiger partial charge on any atom is 0.134 e. The Labute approximate surface area is 60.6 Å². The third-order valence-electron chi connectivity index (χ3n) is 2.47. The first-order valence-corrected chi connectivity index (χ1v) is 3.91. The molecule has 1 aliphatic rings. The van der Waals surface area contributed by atoms with Crippen LogP contribution in [-0.4, -0.2) is 12.3 Å². The average Bonchev–Trinajstić information content (AvgIpc) is 1.93. The molecule has 10 heavy (non-hydrogen) atoms. The highest BCUT2D eigenvalue weighted by Gasteiger charge is 2.35. The molecule has 60 valence electrons. The fourth-order valence-electron chi connectivity index (χ4n) is 1.47. The van der Waals surface area contributed by atoms with E-state index in [1.54, 1.807) is 13.8 Å². The van der Waals surface area contributed by atoms with E-state index in [0.29, 0.717) is 0 Å². The molecule has 0 aromatic carbocycles. The maximum absolute atomic E-state index is 12.8. The van der Waals surface area contributed by atoms with Gasteiger partial charge >= 0.3 is 0 Å². The third kappa shape index (κ3) is 1.30. The average molecular weight is 148 g/mol. The summed E-state index contributed by atoms with van der Waals surface area (Å²) >= 11 is 0. The van der Waals surface area contributed by atoms with Gasteiger partial charge in [-0.15, -0.1) is 0 Å². The molecular weight excluding hydrogens is 134 g/mol. The van der Waals surface area contributed by atoms with Crippen molar-refractivity contribution in [1.82, 2.24) is 0 Å². The summed E-state index contributed by atoms with van der Waals surface area (Å²) in [5.41, 5.74) is 0. The van der Waals surface area contributed by atoms with Crippen LogP contribution in [0.5, 0.6) is 0 Å². The van der Waals surface area contributed by atoms with Crippen molar-refractivity contribution < 1.29 is 8.78 Å². The Hall–Kier alpha value is -0.140. The molecule has 0 N–H and O–H groups in total. The van der Waals surface area contributed by atoms with Crippen molar-refractivity contribution in [3.05, 3.63) is 0 Å². The fourth-order valence-corrected chi connectivity index (χ4v) is 1.47. The Balaban J connectivity index is 2.52. The smallest absolute Gasteiger partial charge is 0.134 e. The van der Waals surface area contributed by atoms with Gasteiger partial charge < -0.3 is 0 Å². The van der Waals surface area contributed by atoms with Crippen molar-refractivity contribution in [2.45, 2.75) is 39.0 Å². The van der Waals surface area contributed by atoms with E-state index in [-0.39, 0.29) is 11.8 Å². The van der Waals surface area contributed by atoms with E-state index in [1.807, 2.05) is 0 Å². The predicted molar refractivity (Wildman–Crippen MR) is 37.4 cm³/mol. The number of alkyl halides is 2. The van der Waals surface area contributed by atoms with E-state index in [4.69, 9.17) is 0 Å². The number of hydrogen-bond donors (Lipinski definition) is 0. The lowest BCUT2D eigenvalue weighted by Crippen LogP contribution is -2.35. The molecule has 0 amide bonds. The van der Waals surface area contributed by atoms with E-state index in [9.17, 15) is 8.78 Å². The zero-order chi connectivity index (χ0) is 7.72. The Morgan fingerprint density at radius 3 is 1.50 bits per heavy atom. The normalized spacial score (nSPS) is 49.2. The molecule has 1 fully saturated rings. The van der Waals surface area contributed by atoms with E-state index >= 15 is 0 Å². The summed E-state index contributed by atoms with van der Waals surface area (Å²) in [6.07, 6.45) is -0.765. The molecule has 0 bridgehead atoms. The SMILES string of the molecule is CC1CC[C@H](C)C(F)C1F. The molecule has 0 nitrogen and oxygen atoms in total. The molecule has 1 aliphatic carbocycles. The van der Waals surface area contributed by atoms with Crippen molar-refractivity contribution in [3.63, 3.8) is 0 Å². The zero-order valence-electron chi connectivity index (χ0n) is 6.48. The summed E-state index contributed by atoms with van der Waals surface area (Å²) in [5.74, 6) is -0.155. The van der Waals surface area contributed by atoms with Crippen LogP contribution in [0.2, 0.25) is 0 Å². The second-order valence-electron chi connectivity index (χ2n) is 3.42. The van der Waals surface area contributed by atoms with Crippen LogP contribution < -0.4 is 0 Å². The molecular formula is C8H14F2. The Bertz CT molecular complexity index is 99.8. The van der Waals surface area contributed by atoms with Crippen molar-refractivity contribution in [1.29, 1.82) is 0 Å². The monoisotopic (exact) mass is 148 g/mol. The van der Waals surface area contributed by atoms with Crippen LogP contribution in [0.3, 0.4) is 0 Å². The van der Waals surface area contributed by atoms with Crippen LogP contribution >= 0.6 is 0 Å². The molecule has 1 saturated carbocycles. The zero-order valence-corrected chi connectivity index (χ0v) is 6.48. The summed E-state index contributed by atoms with van der Waals surface area (Å²) in [6, 6.07) is 0. The molecule has 4 atom stereocenters. The van der Waals surface area contributed by atoms with Crippen molar-refractivity contribution >= 4 is 0 Å². The summed E-state index contributed by atoms with van der Waals surface area (Å²) < 4.78 is 25.7. The Kier molecular flexibility index (Phi) is 2.27. The molecule has 3 unspecified atom stereocenters. The van der Waals surface area contributed by atoms with Gasteiger partial charge in [-0.05, 0) is 24.7 Å². The largest absolute Gasteiger partial charge is 0.244 e. The van der Waals surface area contributed by atoms with E-state index in [2.05, 4.69) is 0 Å². The summed E-state index contributed by atoms with van der Waals surface area (Å²) in [5, 5.41) is 0. The minimum atomic E-state index is -1.22. The minimum Gasteiger partial charge on any atom is -0.244 e. The van der Waals surface area contributed by atoms with Gasteiger partial charge in [-0.2, -0.15) is 0 Å². The highest BCUT2D eigenvalue weighted by Crippen LogP contribution is 2.32. The molecule has 0 aromatic heterocycles. The van der Waals surface area contributed by atoms with Gasteiger partial charge in [-0.1, -0.05) is 13.8 Å². The molecule has 1 rings (SSSR count). The first-order chi connectivity index (χ1) is 4.63. The van der Waals surface area contributed by atoms with E-state index in [0.717, 1.165) is 12.8 Å². The van der Waals surface area contributed by atoms with Crippen molar-refractivity contribution in [3.8, 4) is 0 Å². The second kappa shape index (κ2) is 2.85. The number of rotatable bonds is 0. The van der Waals surface area contributed by atoms with Crippen LogP contribution in [0.25, 0.3) is 0 Å². The summed E-state index contributed by atoms with van der Waals surface area (Å²) in [7, 11) is 0. The molecule has 2 heteroatoms. The molecule has 0 radical (unpaired) electrons. The lowest BCUT2D eigenvalue weighted by Gasteiger charge is -2.30. The summed E-state index contributed by atoms with van der Waals surface area (Å²) in [4.78, 5) is 0. The first-order valence-electron chi connectivity index (χ1n) is 3.91. The number of hydrogen-bond acceptors (Lipinski definition) is 0. The molecule has 0 aliphatic heterocycles. The van der Waals surface area contributed by atoms with Gasteiger partial charge in [-0.3, -0.25) is 0 Å². The van der Waals surface area contributed by atoms with Crippen molar-refractivity contribution in [2.24, 2.45) is 11.8 Å². The Morgan fingerprint density at radius 1 is 0.900 bits per heavy atom. The van der Waals surface area contributed by atoms with Gasteiger partial charge in [0.15, 0.2) is 0 Å². The first kappa shape index (κ1) is 7.96. The quantitative estimate of drug-likeness (QED) is 0.495. The van der Waals surface area contributed by atoms with Gasteiger partial charge in [0.25, 0.3) is 0 Å². The predicted octanol–water partition coefficient (Wildman–Crippen LogP) is 2.73. The fraction of sp³-hybridized carbons (Fsp3) is 1.00. The molecule has 0 saturated heterocycles. The van der Waals surface area contributed by atoms with Crippen LogP contribution in [0.4, 0.5) is 8.78 Å². The van der Waals surface area contributed by atoms with Crippen molar-refractivity contribution in [2.75, 3.05) is 0 Å². The van der Waals surface area contributed by atoms with E-state index in [1.165, 1.54) is 0 Å². The van der Waals surface area contributed by atoms with Gasteiger partial charge in [0, 0.05) is 0 Å². The minimum absolute atomic E-state index is 0.0776. The summed E-state index contributed by atoms with van der Waals surface area (Å²) in [6.45, 7) is 3.56. The van der Waals surface area contributed by atoms with Gasteiger partial charge in [0.1, 0.15) is 12.3 Å². The molecule has 0 heterocycles. The number of halogens is 2. The van der Waals surface area contributed by atoms with Crippen LogP contribution in [-0.2, 0) is 0 Å². The lowest BCUT2D eigenvalue weighted by molar-refractivity contribution is 0.0367. The highest BCUT2D eigenvalue weighted by atomic mass is 19.2. The van der Waals surface area contributed by atoms with Gasteiger partial charge in [-0.25, -0.2) is 8.78 Å². The topological polar surface area (TPSA) is 0 Å². The van der Waals surface area contributed by atoms with Crippen LogP contribution in [0, 0.1) is 11.8 Å². The molecule has 0 spiro atoms. The maximum atomic E-state index is 12.8. The van der Waals surface area contributed by atoms with Crippen LogP contribution in [0.1, 0.15) is 26.7 Å². The molecule has 0 aromatic rings. The van der Waals surface area contributed by atoms with Gasteiger partial charge in [0.2, 0.25) is 0 Å². The highest BCUT2D eigenvalue weighted by molar-refractivity contribution is 4.83. The second-order valence-corrected chi connectivity index (χ2v) is 3.42. The van der Waals surface area contributed by atoms with Gasteiger partial charge in [0.05, 0.1) is 0 Å². The Morgan fingerprint density at radius 2 is 1.20 bits per heavy atom. The standard InChI is InChI=1S/C8H14F2/c1-5-3-4-6(2)8(10)7(5)9/h5-8H,3-4H2,1-2H3/t5-,6?,7?,8?/m0/s1. The third-order valence-corrected chi connectivity index (χ3v) is 2.47. The van der Waals surface area contributed by atoms with Crippen LogP contribution in [0.15, 0.2) is 0 Å². The van der Waals surface area contributed by atoms with E-state index < -0.39 is 12.3 Å². The lowest BCUT2D eigenvalue weighted by atomic mass is 9.81.